The van der Waals surface area contributed by atoms with Crippen molar-refractivity contribution >= 4 is 46.9 Å². The number of phenols is 2. The number of halogens is 1. The lowest BCUT2D eigenvalue weighted by Gasteiger charge is -2.29. The van der Waals surface area contributed by atoms with E-state index in [1.807, 2.05) is 12.1 Å². The summed E-state index contributed by atoms with van der Waals surface area (Å²) in [7, 11) is 1.35. The summed E-state index contributed by atoms with van der Waals surface area (Å²) in [6, 6.07) is 20.0. The van der Waals surface area contributed by atoms with Gasteiger partial charge in [0.15, 0.2) is 5.78 Å². The molecule has 1 saturated heterocycles. The summed E-state index contributed by atoms with van der Waals surface area (Å²) in [4.78, 5) is 79.8. The molecule has 4 aromatic rings. The number of hydrogen-bond acceptors (Lipinski definition) is 9. The Morgan fingerprint density at radius 1 is 0.852 bits per heavy atom. The lowest BCUT2D eigenvalue weighted by Crippen LogP contribution is -2.52. The summed E-state index contributed by atoms with van der Waals surface area (Å²) < 4.78 is 4.96. The predicted molar refractivity (Wildman–Crippen MR) is 196 cm³/mol. The van der Waals surface area contributed by atoms with Crippen LogP contribution in [-0.2, 0) is 35.1 Å². The van der Waals surface area contributed by atoms with Gasteiger partial charge in [0.05, 0.1) is 26.2 Å². The molecule has 6 rings (SSSR count). The first-order valence-corrected chi connectivity index (χ1v) is 17.3. The van der Waals surface area contributed by atoms with Crippen molar-refractivity contribution in [3.63, 3.8) is 0 Å². The second kappa shape index (κ2) is 16.2. The van der Waals surface area contributed by atoms with Gasteiger partial charge in [0.25, 0.3) is 5.91 Å². The van der Waals surface area contributed by atoms with Crippen molar-refractivity contribution < 1.29 is 43.7 Å². The highest BCUT2D eigenvalue weighted by Gasteiger charge is 2.33. The molecule has 0 spiro atoms. The van der Waals surface area contributed by atoms with Crippen LogP contribution in [0.2, 0.25) is 5.02 Å². The number of carbonyl (C=O) groups is 6. The van der Waals surface area contributed by atoms with Crippen LogP contribution in [0, 0.1) is 0 Å². The maximum Gasteiger partial charge on any atom is 0.251 e. The van der Waals surface area contributed by atoms with E-state index in [1.165, 1.54) is 37.4 Å². The number of Topliss-reactive ketones (excluding diaryl/α,β-unsaturated/α-hetero) is 1. The maximum atomic E-state index is 13.8. The molecule has 0 saturated carbocycles. The SMILES string of the molecule is CN(C(=O)CNC(=O)c1ccc(-c2ccc(Cl)cc2)cc1)C1C(=O)NCC(=O)NC(C(=O)NCC(=O)C2CO2)Cc2ccc(O)c(c2)-c2cc1ccc2O. The summed E-state index contributed by atoms with van der Waals surface area (Å²) in [5.74, 6) is -4.17. The molecule has 2 aliphatic rings. The summed E-state index contributed by atoms with van der Waals surface area (Å²) in [5.41, 5.74) is 3.05. The van der Waals surface area contributed by atoms with Crippen LogP contribution >= 0.6 is 11.6 Å². The molecule has 2 heterocycles. The maximum absolute atomic E-state index is 13.8. The van der Waals surface area contributed by atoms with Gasteiger partial charge in [-0.25, -0.2) is 0 Å². The van der Waals surface area contributed by atoms with Crippen LogP contribution in [0.15, 0.2) is 84.9 Å². The number of aromatic hydroxyl groups is 2. The molecule has 4 bridgehead atoms. The highest BCUT2D eigenvalue weighted by Crippen LogP contribution is 2.38. The van der Waals surface area contributed by atoms with Crippen molar-refractivity contribution in [1.29, 1.82) is 0 Å². The molecular formula is C39H36ClN5O9. The van der Waals surface area contributed by atoms with E-state index < -0.39 is 60.8 Å². The number of phenolic OH excluding ortho intramolecular Hbond substituents is 2. The third kappa shape index (κ3) is 8.85. The number of nitrogens with one attached hydrogen (secondary N) is 4. The Bertz CT molecular complexity index is 2120. The van der Waals surface area contributed by atoms with Gasteiger partial charge in [-0.1, -0.05) is 48.0 Å². The Labute approximate surface area is 314 Å². The van der Waals surface area contributed by atoms with Gasteiger partial charge < -0.3 is 41.1 Å². The fraction of sp³-hybridized carbons (Fsp3) is 0.231. The number of amides is 5. The molecule has 14 nitrogen and oxygen atoms in total. The number of nitrogens with zero attached hydrogens (tertiary/aromatic N) is 1. The first-order valence-electron chi connectivity index (χ1n) is 16.9. The second-order valence-electron chi connectivity index (χ2n) is 12.9. The van der Waals surface area contributed by atoms with Crippen LogP contribution in [0.3, 0.4) is 0 Å². The molecule has 0 aliphatic carbocycles. The Balaban J connectivity index is 1.22. The molecule has 3 atom stereocenters. The number of likely N-dealkylation sites (N-methyl/N-ethyl adjacent to an activating group) is 1. The van der Waals surface area contributed by atoms with E-state index in [-0.39, 0.29) is 53.5 Å². The van der Waals surface area contributed by atoms with Gasteiger partial charge in [-0.05, 0) is 70.8 Å². The number of rotatable bonds is 9. The van der Waals surface area contributed by atoms with Crippen LogP contribution in [0.25, 0.3) is 22.3 Å². The van der Waals surface area contributed by atoms with Crippen LogP contribution in [0.4, 0.5) is 0 Å². The zero-order valence-corrected chi connectivity index (χ0v) is 29.7. The second-order valence-corrected chi connectivity index (χ2v) is 13.3. The third-order valence-electron chi connectivity index (χ3n) is 9.09. The van der Waals surface area contributed by atoms with E-state index in [1.54, 1.807) is 42.5 Å². The van der Waals surface area contributed by atoms with E-state index in [0.717, 1.165) is 16.0 Å². The summed E-state index contributed by atoms with van der Waals surface area (Å²) in [6.07, 6.45) is -0.638. The van der Waals surface area contributed by atoms with Crippen LogP contribution in [0.1, 0.15) is 27.5 Å². The Morgan fingerprint density at radius 2 is 1.48 bits per heavy atom. The molecule has 5 amide bonds. The summed E-state index contributed by atoms with van der Waals surface area (Å²) in [6.45, 7) is -1.10. The molecule has 2 aliphatic heterocycles. The standard InChI is InChI=1S/C39H36ClN5O9/c1-45(35(50)19-43-37(51)24-5-3-22(4-6-24)23-7-10-26(40)11-8-23)36-25-9-13-31(47)28(16-25)27-14-21(2-12-30(27)46)15-29(44-34(49)18-42-39(36)53)38(52)41-17-32(48)33-20-54-33/h2-14,16,29,33,36,46-47H,15,17-20H2,1H3,(H,41,52)(H,42,53)(H,43,51)(H,44,49). The fourth-order valence-corrected chi connectivity index (χ4v) is 6.12. The van der Waals surface area contributed by atoms with Crippen molar-refractivity contribution in [2.75, 3.05) is 33.3 Å². The van der Waals surface area contributed by atoms with E-state index in [9.17, 15) is 39.0 Å². The minimum Gasteiger partial charge on any atom is -0.507 e. The largest absolute Gasteiger partial charge is 0.507 e. The molecule has 15 heteroatoms. The number of epoxide rings is 1. The van der Waals surface area contributed by atoms with E-state index >= 15 is 0 Å². The van der Waals surface area contributed by atoms with Crippen LogP contribution < -0.4 is 21.3 Å². The molecule has 4 aromatic carbocycles. The molecule has 6 N–H and O–H groups in total. The van der Waals surface area contributed by atoms with Gasteiger partial charge in [-0.15, -0.1) is 0 Å². The quantitative estimate of drug-likeness (QED) is 0.139. The average Bonchev–Trinajstić information content (AvgIpc) is 4.02. The highest BCUT2D eigenvalue weighted by molar-refractivity contribution is 6.30. The number of ketones is 1. The van der Waals surface area contributed by atoms with Gasteiger partial charge in [0.2, 0.25) is 23.6 Å². The van der Waals surface area contributed by atoms with E-state index in [2.05, 4.69) is 21.3 Å². The lowest BCUT2D eigenvalue weighted by atomic mass is 9.94. The number of fused-ring (bicyclic) bond motifs is 5. The number of hydrogen-bond donors (Lipinski definition) is 6. The van der Waals surface area contributed by atoms with Crippen molar-refractivity contribution in [2.45, 2.75) is 24.6 Å². The Morgan fingerprint density at radius 3 is 2.15 bits per heavy atom. The minimum absolute atomic E-state index is 0.0640. The smallest absolute Gasteiger partial charge is 0.251 e. The first-order chi connectivity index (χ1) is 25.9. The van der Waals surface area contributed by atoms with Gasteiger partial charge in [-0.2, -0.15) is 0 Å². The van der Waals surface area contributed by atoms with E-state index in [0.29, 0.717) is 16.1 Å². The molecule has 1 fully saturated rings. The van der Waals surface area contributed by atoms with Gasteiger partial charge in [0.1, 0.15) is 29.7 Å². The minimum atomic E-state index is -1.37. The molecule has 0 aromatic heterocycles. The van der Waals surface area contributed by atoms with E-state index in [4.69, 9.17) is 16.3 Å². The monoisotopic (exact) mass is 753 g/mol. The normalized spacial score (nSPS) is 17.9. The van der Waals surface area contributed by atoms with Crippen molar-refractivity contribution in [1.82, 2.24) is 26.2 Å². The molecule has 3 unspecified atom stereocenters. The topological polar surface area (TPSA) is 207 Å². The summed E-state index contributed by atoms with van der Waals surface area (Å²) >= 11 is 5.98. The van der Waals surface area contributed by atoms with Gasteiger partial charge in [-0.3, -0.25) is 28.8 Å². The molecule has 54 heavy (non-hydrogen) atoms. The molecule has 278 valence electrons. The Kier molecular flexibility index (Phi) is 11.2. The molecular weight excluding hydrogens is 718 g/mol. The molecule has 0 radical (unpaired) electrons. The Hall–Kier alpha value is -6.25. The average molecular weight is 754 g/mol. The lowest BCUT2D eigenvalue weighted by molar-refractivity contribution is -0.139. The van der Waals surface area contributed by atoms with Crippen LogP contribution in [-0.4, -0.2) is 95.9 Å². The fourth-order valence-electron chi connectivity index (χ4n) is 6.00. The van der Waals surface area contributed by atoms with Crippen LogP contribution in [0.5, 0.6) is 11.5 Å². The number of carbonyl (C=O) groups excluding carboxylic acids is 6. The van der Waals surface area contributed by atoms with Crippen molar-refractivity contribution in [3.8, 4) is 33.8 Å². The first kappa shape index (κ1) is 37.5. The zero-order chi connectivity index (χ0) is 38.5. The summed E-state index contributed by atoms with van der Waals surface area (Å²) in [5, 5.41) is 32.5. The zero-order valence-electron chi connectivity index (χ0n) is 28.9. The number of ether oxygens (including phenoxy) is 1. The van der Waals surface area contributed by atoms with Gasteiger partial charge in [0, 0.05) is 35.2 Å². The highest BCUT2D eigenvalue weighted by atomic mass is 35.5. The number of benzene rings is 4. The van der Waals surface area contributed by atoms with Crippen molar-refractivity contribution in [3.05, 3.63) is 107 Å². The van der Waals surface area contributed by atoms with Gasteiger partial charge >= 0.3 is 0 Å². The third-order valence-corrected chi connectivity index (χ3v) is 9.34. The predicted octanol–water partition coefficient (Wildman–Crippen LogP) is 2.26. The van der Waals surface area contributed by atoms with Crippen molar-refractivity contribution in [2.24, 2.45) is 0 Å².